The molecule has 120 valence electrons. The Bertz CT molecular complexity index is 663. The third kappa shape index (κ3) is 3.13. The lowest BCUT2D eigenvalue weighted by Gasteiger charge is -2.29. The first-order chi connectivity index (χ1) is 10.5. The molecule has 0 aliphatic carbocycles. The maximum atomic E-state index is 13.1. The Balaban J connectivity index is 2.47. The van der Waals surface area contributed by atoms with Gasteiger partial charge in [-0.25, -0.2) is 4.98 Å². The molecule has 0 saturated heterocycles. The van der Waals surface area contributed by atoms with Crippen molar-refractivity contribution in [3.05, 3.63) is 23.0 Å². The molecule has 0 aromatic carbocycles. The predicted octanol–water partition coefficient (Wildman–Crippen LogP) is 3.88. The van der Waals surface area contributed by atoms with Crippen LogP contribution in [-0.4, -0.2) is 33.5 Å². The van der Waals surface area contributed by atoms with Gasteiger partial charge in [-0.2, -0.15) is 0 Å². The smallest absolute Gasteiger partial charge is 0.258 e. The van der Waals surface area contributed by atoms with Crippen LogP contribution < -0.4 is 0 Å². The van der Waals surface area contributed by atoms with Crippen LogP contribution in [0.4, 0.5) is 0 Å². The summed E-state index contributed by atoms with van der Waals surface area (Å²) in [6.45, 7) is 10.8. The molecule has 5 nitrogen and oxygen atoms in total. The minimum absolute atomic E-state index is 0.0459. The molecule has 2 aromatic rings. The summed E-state index contributed by atoms with van der Waals surface area (Å²) in [6.07, 6.45) is 3.01. The van der Waals surface area contributed by atoms with Crippen molar-refractivity contribution in [1.82, 2.24) is 15.0 Å². The van der Waals surface area contributed by atoms with Gasteiger partial charge in [0.25, 0.3) is 11.6 Å². The Labute approximate surface area is 131 Å². The van der Waals surface area contributed by atoms with E-state index < -0.39 is 0 Å². The summed E-state index contributed by atoms with van der Waals surface area (Å²) >= 11 is 0. The zero-order chi connectivity index (χ0) is 16.3. The quantitative estimate of drug-likeness (QED) is 0.812. The van der Waals surface area contributed by atoms with Gasteiger partial charge in [0, 0.05) is 18.3 Å². The van der Waals surface area contributed by atoms with Gasteiger partial charge in [0.2, 0.25) is 0 Å². The average molecular weight is 303 g/mol. The molecule has 0 bridgehead atoms. The van der Waals surface area contributed by atoms with Gasteiger partial charge in [-0.05, 0) is 39.7 Å². The first kappa shape index (κ1) is 16.5. The SMILES string of the molecule is CCCCN(C(=O)c1cc(C)nc2onc(C)c12)C(C)CC. The highest BCUT2D eigenvalue weighted by molar-refractivity contribution is 6.06. The molecule has 1 atom stereocenters. The summed E-state index contributed by atoms with van der Waals surface area (Å²) < 4.78 is 5.24. The number of unbranched alkanes of at least 4 members (excludes halogenated alkanes) is 1. The Morgan fingerprint density at radius 2 is 2.09 bits per heavy atom. The molecule has 2 rings (SSSR count). The minimum Gasteiger partial charge on any atom is -0.336 e. The van der Waals surface area contributed by atoms with Gasteiger partial charge < -0.3 is 9.42 Å². The van der Waals surface area contributed by atoms with E-state index in [4.69, 9.17) is 4.52 Å². The molecular formula is C17H25N3O2. The van der Waals surface area contributed by atoms with Crippen molar-refractivity contribution < 1.29 is 9.32 Å². The lowest BCUT2D eigenvalue weighted by molar-refractivity contribution is 0.0687. The van der Waals surface area contributed by atoms with Crippen LogP contribution in [-0.2, 0) is 0 Å². The number of rotatable bonds is 6. The normalized spacial score (nSPS) is 12.6. The van der Waals surface area contributed by atoms with Crippen LogP contribution in [0.25, 0.3) is 11.1 Å². The second-order valence-electron chi connectivity index (χ2n) is 5.87. The molecular weight excluding hydrogens is 278 g/mol. The van der Waals surface area contributed by atoms with Crippen molar-refractivity contribution >= 4 is 17.0 Å². The summed E-state index contributed by atoms with van der Waals surface area (Å²) in [5.74, 6) is 0.0459. The molecule has 0 N–H and O–H groups in total. The zero-order valence-corrected chi connectivity index (χ0v) is 14.1. The predicted molar refractivity (Wildman–Crippen MR) is 87.0 cm³/mol. The van der Waals surface area contributed by atoms with Crippen molar-refractivity contribution in [1.29, 1.82) is 0 Å². The van der Waals surface area contributed by atoms with Crippen molar-refractivity contribution in [3.63, 3.8) is 0 Å². The van der Waals surface area contributed by atoms with Gasteiger partial charge in [0.15, 0.2) is 0 Å². The summed E-state index contributed by atoms with van der Waals surface area (Å²) in [7, 11) is 0. The van der Waals surface area contributed by atoms with Crippen LogP contribution in [0.5, 0.6) is 0 Å². The summed E-state index contributed by atoms with van der Waals surface area (Å²) in [6, 6.07) is 2.05. The second-order valence-corrected chi connectivity index (χ2v) is 5.87. The van der Waals surface area contributed by atoms with Crippen molar-refractivity contribution in [2.24, 2.45) is 0 Å². The Morgan fingerprint density at radius 1 is 1.36 bits per heavy atom. The highest BCUT2D eigenvalue weighted by Crippen LogP contribution is 2.24. The number of hydrogen-bond acceptors (Lipinski definition) is 4. The molecule has 0 fully saturated rings. The van der Waals surface area contributed by atoms with Crippen LogP contribution in [0.1, 0.15) is 61.8 Å². The first-order valence-electron chi connectivity index (χ1n) is 8.04. The maximum absolute atomic E-state index is 13.1. The van der Waals surface area contributed by atoms with E-state index in [1.807, 2.05) is 24.8 Å². The van der Waals surface area contributed by atoms with E-state index in [1.165, 1.54) is 0 Å². The standard InChI is InChI=1S/C17H25N3O2/c1-6-8-9-20(12(4)7-2)17(21)14-10-11(3)18-16-15(14)13(5)19-22-16/h10,12H,6-9H2,1-5H3. The number of aromatic nitrogens is 2. The summed E-state index contributed by atoms with van der Waals surface area (Å²) in [5, 5.41) is 4.69. The molecule has 0 radical (unpaired) electrons. The number of nitrogens with zero attached hydrogens (tertiary/aromatic N) is 3. The van der Waals surface area contributed by atoms with Crippen LogP contribution in [0.3, 0.4) is 0 Å². The van der Waals surface area contributed by atoms with E-state index in [9.17, 15) is 4.79 Å². The Morgan fingerprint density at radius 3 is 2.73 bits per heavy atom. The zero-order valence-electron chi connectivity index (χ0n) is 14.1. The van der Waals surface area contributed by atoms with Crippen LogP contribution in [0, 0.1) is 13.8 Å². The fourth-order valence-corrected chi connectivity index (χ4v) is 2.61. The number of carbonyl (C=O) groups is 1. The number of aryl methyl sites for hydroxylation is 2. The molecule has 1 unspecified atom stereocenters. The molecule has 0 aliphatic rings. The minimum atomic E-state index is 0.0459. The van der Waals surface area contributed by atoms with E-state index >= 15 is 0 Å². The lowest BCUT2D eigenvalue weighted by atomic mass is 10.1. The summed E-state index contributed by atoms with van der Waals surface area (Å²) in [4.78, 5) is 19.4. The molecule has 2 heterocycles. The molecule has 0 saturated carbocycles. The van der Waals surface area contributed by atoms with Crippen molar-refractivity contribution in [2.75, 3.05) is 6.54 Å². The number of amides is 1. The highest BCUT2D eigenvalue weighted by atomic mass is 16.5. The molecule has 5 heteroatoms. The van der Waals surface area contributed by atoms with Crippen molar-refractivity contribution in [3.8, 4) is 0 Å². The molecule has 1 amide bonds. The Kier molecular flexibility index (Phi) is 5.16. The maximum Gasteiger partial charge on any atom is 0.258 e. The van der Waals surface area contributed by atoms with E-state index in [2.05, 4.69) is 30.9 Å². The van der Waals surface area contributed by atoms with Gasteiger partial charge >= 0.3 is 0 Å². The van der Waals surface area contributed by atoms with Crippen LogP contribution in [0.2, 0.25) is 0 Å². The fraction of sp³-hybridized carbons (Fsp3) is 0.588. The molecule has 0 aliphatic heterocycles. The highest BCUT2D eigenvalue weighted by Gasteiger charge is 2.24. The second kappa shape index (κ2) is 6.90. The van der Waals surface area contributed by atoms with Gasteiger partial charge in [-0.15, -0.1) is 0 Å². The molecule has 0 spiro atoms. The average Bonchev–Trinajstić information content (AvgIpc) is 2.87. The van der Waals surface area contributed by atoms with Crippen LogP contribution >= 0.6 is 0 Å². The van der Waals surface area contributed by atoms with E-state index in [-0.39, 0.29) is 11.9 Å². The van der Waals surface area contributed by atoms with Crippen LogP contribution in [0.15, 0.2) is 10.6 Å². The van der Waals surface area contributed by atoms with E-state index in [0.29, 0.717) is 17.0 Å². The van der Waals surface area contributed by atoms with E-state index in [1.54, 1.807) is 0 Å². The topological polar surface area (TPSA) is 59.2 Å². The third-order valence-corrected chi connectivity index (χ3v) is 4.11. The lowest BCUT2D eigenvalue weighted by Crippen LogP contribution is -2.39. The third-order valence-electron chi connectivity index (χ3n) is 4.11. The first-order valence-corrected chi connectivity index (χ1v) is 8.04. The largest absolute Gasteiger partial charge is 0.336 e. The number of carbonyl (C=O) groups excluding carboxylic acids is 1. The number of fused-ring (bicyclic) bond motifs is 1. The van der Waals surface area contributed by atoms with Gasteiger partial charge in [-0.3, -0.25) is 4.79 Å². The van der Waals surface area contributed by atoms with Gasteiger partial charge in [0.05, 0.1) is 16.6 Å². The number of hydrogen-bond donors (Lipinski definition) is 0. The molecule has 22 heavy (non-hydrogen) atoms. The Hall–Kier alpha value is -1.91. The van der Waals surface area contributed by atoms with Gasteiger partial charge in [0.1, 0.15) is 0 Å². The van der Waals surface area contributed by atoms with Crippen molar-refractivity contribution in [2.45, 2.75) is 59.9 Å². The van der Waals surface area contributed by atoms with E-state index in [0.717, 1.165) is 36.9 Å². The summed E-state index contributed by atoms with van der Waals surface area (Å²) in [5.41, 5.74) is 2.58. The number of pyridine rings is 1. The fourth-order valence-electron chi connectivity index (χ4n) is 2.61. The van der Waals surface area contributed by atoms with Gasteiger partial charge in [-0.1, -0.05) is 25.4 Å². The monoisotopic (exact) mass is 303 g/mol. The molecule has 2 aromatic heterocycles.